The van der Waals surface area contributed by atoms with Gasteiger partial charge in [-0.3, -0.25) is 0 Å². The summed E-state index contributed by atoms with van der Waals surface area (Å²) in [7, 11) is 0. The van der Waals surface area contributed by atoms with E-state index in [1.165, 1.54) is 110 Å². The van der Waals surface area contributed by atoms with Gasteiger partial charge in [0.15, 0.2) is 0 Å². The summed E-state index contributed by atoms with van der Waals surface area (Å²) in [4.78, 5) is 0. The summed E-state index contributed by atoms with van der Waals surface area (Å²) in [6, 6.07) is 37.8. The van der Waals surface area contributed by atoms with Crippen LogP contribution in [0.1, 0.15) is 70.8 Å². The second kappa shape index (κ2) is 11.5. The van der Waals surface area contributed by atoms with E-state index in [0.29, 0.717) is 0 Å². The van der Waals surface area contributed by atoms with Gasteiger partial charge in [-0.05, 0) is 126 Å². The first kappa shape index (κ1) is 31.6. The molecule has 242 valence electrons. The molecule has 8 rings (SSSR count). The van der Waals surface area contributed by atoms with E-state index in [0.717, 1.165) is 12.8 Å². The molecular formula is C48H47B. The van der Waals surface area contributed by atoms with E-state index in [1.54, 1.807) is 0 Å². The zero-order valence-electron chi connectivity index (χ0n) is 30.7. The Morgan fingerprint density at radius 1 is 0.531 bits per heavy atom. The van der Waals surface area contributed by atoms with E-state index in [-0.39, 0.29) is 12.1 Å². The molecule has 1 heteroatoms. The summed E-state index contributed by atoms with van der Waals surface area (Å²) < 4.78 is 0. The highest BCUT2D eigenvalue weighted by molar-refractivity contribution is 6.97. The molecule has 0 aliphatic heterocycles. The van der Waals surface area contributed by atoms with E-state index >= 15 is 0 Å². The lowest BCUT2D eigenvalue weighted by atomic mass is 9.33. The number of hydrogen-bond donors (Lipinski definition) is 0. The molecule has 7 aromatic rings. The van der Waals surface area contributed by atoms with Crippen LogP contribution in [0.4, 0.5) is 0 Å². The molecule has 0 N–H and O–H groups in total. The van der Waals surface area contributed by atoms with E-state index in [1.807, 2.05) is 0 Å². The third-order valence-corrected chi connectivity index (χ3v) is 11.4. The minimum atomic E-state index is 0.101. The van der Waals surface area contributed by atoms with Crippen molar-refractivity contribution < 1.29 is 0 Å². The van der Waals surface area contributed by atoms with Crippen molar-refractivity contribution in [3.05, 3.63) is 147 Å². The first-order chi connectivity index (χ1) is 23.4. The quantitative estimate of drug-likeness (QED) is 0.134. The van der Waals surface area contributed by atoms with Crippen LogP contribution in [-0.2, 0) is 18.3 Å². The second-order valence-corrected chi connectivity index (χ2v) is 16.1. The van der Waals surface area contributed by atoms with Gasteiger partial charge in [-0.15, -0.1) is 0 Å². The predicted octanol–water partition coefficient (Wildman–Crippen LogP) is 10.6. The lowest BCUT2D eigenvalue weighted by molar-refractivity contribution is 0.590. The SMILES string of the molecule is Cc1cc(C)c(B(c2cc(-c3ccc4ccccc4c3)c3ccc4cc(C(C)(C)C)cc5c4c3c2CC5)c2c(C)cc(C)cc2C)c(C)c1. The van der Waals surface area contributed by atoms with Gasteiger partial charge in [0, 0.05) is 0 Å². The molecule has 0 heterocycles. The van der Waals surface area contributed by atoms with E-state index in [4.69, 9.17) is 0 Å². The highest BCUT2D eigenvalue weighted by Crippen LogP contribution is 2.42. The Morgan fingerprint density at radius 3 is 1.73 bits per heavy atom. The summed E-state index contributed by atoms with van der Waals surface area (Å²) in [5.74, 6) is 0. The maximum absolute atomic E-state index is 2.60. The van der Waals surface area contributed by atoms with Crippen molar-refractivity contribution in [1.82, 2.24) is 0 Å². The average molecular weight is 635 g/mol. The summed E-state index contributed by atoms with van der Waals surface area (Å²) in [5, 5.41) is 8.25. The fourth-order valence-electron chi connectivity index (χ4n) is 9.32. The van der Waals surface area contributed by atoms with Crippen LogP contribution in [0.3, 0.4) is 0 Å². The molecule has 7 aromatic carbocycles. The first-order valence-corrected chi connectivity index (χ1v) is 18.1. The fraction of sp³-hybridized carbons (Fsp3) is 0.250. The van der Waals surface area contributed by atoms with Crippen molar-refractivity contribution in [2.45, 2.75) is 80.6 Å². The third-order valence-electron chi connectivity index (χ3n) is 11.4. The molecule has 0 bridgehead atoms. The van der Waals surface area contributed by atoms with Gasteiger partial charge in [0.05, 0.1) is 0 Å². The molecule has 0 aromatic heterocycles. The Balaban J connectivity index is 1.55. The fourth-order valence-corrected chi connectivity index (χ4v) is 9.32. The number of rotatable bonds is 4. The van der Waals surface area contributed by atoms with Gasteiger partial charge in [-0.1, -0.05) is 162 Å². The Bertz CT molecular complexity index is 2380. The summed E-state index contributed by atoms with van der Waals surface area (Å²) in [5.41, 5.74) is 19.8. The van der Waals surface area contributed by atoms with Crippen molar-refractivity contribution in [2.75, 3.05) is 0 Å². The normalized spacial score (nSPS) is 12.8. The number of fused-ring (bicyclic) bond motifs is 1. The zero-order valence-corrected chi connectivity index (χ0v) is 30.7. The maximum Gasteiger partial charge on any atom is 0.242 e. The summed E-state index contributed by atoms with van der Waals surface area (Å²) in [6.07, 6.45) is 2.12. The smallest absolute Gasteiger partial charge is 0.0642 e. The molecule has 0 radical (unpaired) electrons. The Kier molecular flexibility index (Phi) is 7.42. The van der Waals surface area contributed by atoms with Crippen molar-refractivity contribution in [3.8, 4) is 11.1 Å². The van der Waals surface area contributed by atoms with Gasteiger partial charge in [0.25, 0.3) is 0 Å². The molecule has 0 saturated carbocycles. The molecule has 0 fully saturated rings. The van der Waals surface area contributed by atoms with Crippen LogP contribution in [0.15, 0.2) is 97.1 Å². The van der Waals surface area contributed by atoms with Crippen LogP contribution in [0.2, 0.25) is 0 Å². The van der Waals surface area contributed by atoms with Gasteiger partial charge < -0.3 is 0 Å². The standard InChI is InChI=1S/C48H47B/c1-28-20-30(3)46(31(4)21-28)49(47-32(5)22-29(2)23-33(47)6)43-27-42(36-15-14-34-12-10-11-13-35(34)24-36)40-18-16-37-25-39(48(7,8)9)26-38-17-19-41(43)45(40)44(37)38/h10-16,18,20-27H,17,19H2,1-9H3. The largest absolute Gasteiger partial charge is 0.242 e. The highest BCUT2D eigenvalue weighted by atomic mass is 14.3. The zero-order chi connectivity index (χ0) is 34.4. The molecule has 0 atom stereocenters. The number of aryl methyl sites for hydroxylation is 8. The van der Waals surface area contributed by atoms with E-state index in [2.05, 4.69) is 159 Å². The molecule has 0 saturated heterocycles. The minimum Gasteiger partial charge on any atom is -0.0642 e. The monoisotopic (exact) mass is 634 g/mol. The highest BCUT2D eigenvalue weighted by Gasteiger charge is 2.33. The van der Waals surface area contributed by atoms with Gasteiger partial charge >= 0.3 is 0 Å². The third kappa shape index (κ3) is 5.21. The molecule has 0 spiro atoms. The first-order valence-electron chi connectivity index (χ1n) is 18.1. The Morgan fingerprint density at radius 2 is 1.12 bits per heavy atom. The van der Waals surface area contributed by atoms with Crippen LogP contribution in [-0.4, -0.2) is 6.71 Å². The predicted molar refractivity (Wildman–Crippen MR) is 216 cm³/mol. The van der Waals surface area contributed by atoms with Crippen molar-refractivity contribution >= 4 is 55.4 Å². The molecule has 0 amide bonds. The molecule has 0 nitrogen and oxygen atoms in total. The van der Waals surface area contributed by atoms with Crippen LogP contribution < -0.4 is 16.4 Å². The van der Waals surface area contributed by atoms with Gasteiger partial charge in [0.2, 0.25) is 6.71 Å². The van der Waals surface area contributed by atoms with Gasteiger partial charge in [0.1, 0.15) is 0 Å². The van der Waals surface area contributed by atoms with E-state index < -0.39 is 0 Å². The van der Waals surface area contributed by atoms with Crippen molar-refractivity contribution in [2.24, 2.45) is 0 Å². The molecule has 1 aliphatic carbocycles. The van der Waals surface area contributed by atoms with Gasteiger partial charge in [-0.2, -0.15) is 0 Å². The van der Waals surface area contributed by atoms with Crippen LogP contribution in [0.25, 0.3) is 43.4 Å². The van der Waals surface area contributed by atoms with Crippen LogP contribution in [0.5, 0.6) is 0 Å². The second-order valence-electron chi connectivity index (χ2n) is 16.1. The molecule has 1 aliphatic rings. The van der Waals surface area contributed by atoms with Crippen molar-refractivity contribution in [3.63, 3.8) is 0 Å². The topological polar surface area (TPSA) is 0 Å². The molecule has 0 unspecified atom stereocenters. The van der Waals surface area contributed by atoms with Crippen molar-refractivity contribution in [1.29, 1.82) is 0 Å². The average Bonchev–Trinajstić information content (AvgIpc) is 3.04. The van der Waals surface area contributed by atoms with E-state index in [9.17, 15) is 0 Å². The lowest BCUT2D eigenvalue weighted by Crippen LogP contribution is -2.57. The Hall–Kier alpha value is -4.62. The molecular weight excluding hydrogens is 587 g/mol. The maximum atomic E-state index is 2.60. The van der Waals surface area contributed by atoms with Crippen LogP contribution >= 0.6 is 0 Å². The number of benzene rings is 7. The minimum absolute atomic E-state index is 0.101. The summed E-state index contributed by atoms with van der Waals surface area (Å²) in [6.45, 7) is 21.0. The van der Waals surface area contributed by atoms with Crippen LogP contribution in [0, 0.1) is 41.5 Å². The van der Waals surface area contributed by atoms with Gasteiger partial charge in [-0.25, -0.2) is 0 Å². The molecule has 49 heavy (non-hydrogen) atoms. The number of hydrogen-bond acceptors (Lipinski definition) is 0. The summed E-state index contributed by atoms with van der Waals surface area (Å²) >= 11 is 0. The Labute approximate surface area is 293 Å². The lowest BCUT2D eigenvalue weighted by Gasteiger charge is -2.31.